The van der Waals surface area contributed by atoms with Gasteiger partial charge >= 0.3 is 11.7 Å². The van der Waals surface area contributed by atoms with Crippen LogP contribution in [0.5, 0.6) is 11.5 Å². The first kappa shape index (κ1) is 18.2. The zero-order chi connectivity index (χ0) is 20.2. The van der Waals surface area contributed by atoms with Crippen molar-refractivity contribution in [3.05, 3.63) is 112 Å². The lowest BCUT2D eigenvalue weighted by Crippen LogP contribution is -2.12. The largest absolute Gasteiger partial charge is 0.457 e. The second kappa shape index (κ2) is 7.85. The lowest BCUT2D eigenvalue weighted by molar-refractivity contribution is -0.436. The molecule has 1 aliphatic heterocycles. The van der Waals surface area contributed by atoms with Crippen molar-refractivity contribution in [3.63, 3.8) is 0 Å². The maximum Gasteiger partial charge on any atom is 0.339 e. The number of nitrogens with one attached hydrogen (secondary N) is 1. The van der Waals surface area contributed by atoms with Crippen molar-refractivity contribution in [1.82, 2.24) is 0 Å². The Balaban J connectivity index is 1.51. The summed E-state index contributed by atoms with van der Waals surface area (Å²) in [5, 5.41) is 14.5. The van der Waals surface area contributed by atoms with Crippen LogP contribution in [0.3, 0.4) is 0 Å². The fraction of sp³-hybridized carbons (Fsp3) is 0.0455. The molecule has 0 aromatic heterocycles. The van der Waals surface area contributed by atoms with E-state index >= 15 is 0 Å². The van der Waals surface area contributed by atoms with Crippen LogP contribution >= 0.6 is 0 Å². The first-order valence-corrected chi connectivity index (χ1v) is 8.86. The van der Waals surface area contributed by atoms with Crippen LogP contribution < -0.4 is 10.1 Å². The van der Waals surface area contributed by atoms with Crippen molar-refractivity contribution >= 4 is 11.7 Å². The molecule has 4 rings (SSSR count). The number of nitrogens with zero attached hydrogens (tertiary/aromatic N) is 1. The predicted molar refractivity (Wildman–Crippen MR) is 106 cm³/mol. The maximum absolute atomic E-state index is 12.0. The SMILES string of the molecule is O=C1OC(C(=CNc2ccc(Oc3ccccc3)cc2)[N+](=O)[O-])c2ccccc21. The Hall–Kier alpha value is -4.13. The number of nitro groups is 1. The van der Waals surface area contributed by atoms with Crippen LogP contribution in [-0.4, -0.2) is 10.9 Å². The number of esters is 1. The quantitative estimate of drug-likeness (QED) is 0.366. The summed E-state index contributed by atoms with van der Waals surface area (Å²) in [5.41, 5.74) is 1.19. The molecule has 3 aromatic carbocycles. The van der Waals surface area contributed by atoms with Crippen LogP contribution in [0.2, 0.25) is 0 Å². The number of hydrogen-bond acceptors (Lipinski definition) is 6. The summed E-state index contributed by atoms with van der Waals surface area (Å²) in [6.07, 6.45) is 0.189. The van der Waals surface area contributed by atoms with Gasteiger partial charge in [-0.1, -0.05) is 36.4 Å². The molecule has 1 aliphatic rings. The third kappa shape index (κ3) is 3.93. The van der Waals surface area contributed by atoms with E-state index in [2.05, 4.69) is 5.32 Å². The minimum Gasteiger partial charge on any atom is -0.457 e. The first-order chi connectivity index (χ1) is 14.1. The van der Waals surface area contributed by atoms with E-state index in [-0.39, 0.29) is 5.70 Å². The third-order valence-electron chi connectivity index (χ3n) is 4.39. The Morgan fingerprint density at radius 3 is 2.34 bits per heavy atom. The molecule has 1 atom stereocenters. The standard InChI is InChI=1S/C22H16N2O5/c25-22-19-9-5-4-8-18(19)21(29-22)20(24(26)27)14-23-15-10-12-17(13-11-15)28-16-6-2-1-3-7-16/h1-14,21,23H. The second-order valence-corrected chi connectivity index (χ2v) is 6.28. The van der Waals surface area contributed by atoms with Gasteiger partial charge in [0, 0.05) is 11.3 Å². The number of benzene rings is 3. The van der Waals surface area contributed by atoms with Crippen LogP contribution in [0.4, 0.5) is 5.69 Å². The molecule has 7 nitrogen and oxygen atoms in total. The molecule has 0 saturated heterocycles. The van der Waals surface area contributed by atoms with Crippen molar-refractivity contribution in [2.24, 2.45) is 0 Å². The van der Waals surface area contributed by atoms with E-state index in [0.717, 1.165) is 0 Å². The summed E-state index contributed by atoms with van der Waals surface area (Å²) >= 11 is 0. The lowest BCUT2D eigenvalue weighted by atomic mass is 10.0. The van der Waals surface area contributed by atoms with Gasteiger partial charge in [0.25, 0.3) is 0 Å². The molecule has 0 bridgehead atoms. The van der Waals surface area contributed by atoms with E-state index < -0.39 is 17.0 Å². The molecule has 0 amide bonds. The van der Waals surface area contributed by atoms with E-state index in [1.165, 1.54) is 6.20 Å². The van der Waals surface area contributed by atoms with E-state index in [1.807, 2.05) is 30.3 Å². The van der Waals surface area contributed by atoms with E-state index in [4.69, 9.17) is 9.47 Å². The van der Waals surface area contributed by atoms with Gasteiger partial charge in [0.15, 0.2) is 0 Å². The van der Waals surface area contributed by atoms with Crippen LogP contribution in [0.15, 0.2) is 90.8 Å². The van der Waals surface area contributed by atoms with Gasteiger partial charge in [-0.3, -0.25) is 10.1 Å². The van der Waals surface area contributed by atoms with Gasteiger partial charge in [0.1, 0.15) is 11.5 Å². The minimum absolute atomic E-state index is 0.257. The number of ether oxygens (including phenoxy) is 2. The van der Waals surface area contributed by atoms with Gasteiger partial charge in [-0.2, -0.15) is 0 Å². The molecule has 0 radical (unpaired) electrons. The van der Waals surface area contributed by atoms with Crippen molar-refractivity contribution in [2.75, 3.05) is 5.32 Å². The molecule has 1 N–H and O–H groups in total. The van der Waals surface area contributed by atoms with Crippen molar-refractivity contribution in [1.29, 1.82) is 0 Å². The lowest BCUT2D eigenvalue weighted by Gasteiger charge is -2.09. The number of hydrogen-bond donors (Lipinski definition) is 1. The number of rotatable bonds is 6. The van der Waals surface area contributed by atoms with E-state index in [0.29, 0.717) is 28.3 Å². The fourth-order valence-corrected chi connectivity index (χ4v) is 2.99. The summed E-state index contributed by atoms with van der Waals surface area (Å²) < 4.78 is 10.9. The number of carbonyl (C=O) groups is 1. The molecule has 144 valence electrons. The summed E-state index contributed by atoms with van der Waals surface area (Å²) in [7, 11) is 0. The highest BCUT2D eigenvalue weighted by molar-refractivity contribution is 5.94. The van der Waals surface area contributed by atoms with Gasteiger partial charge in [-0.25, -0.2) is 4.79 Å². The maximum atomic E-state index is 12.0. The van der Waals surface area contributed by atoms with Gasteiger partial charge in [0.05, 0.1) is 16.7 Å². The summed E-state index contributed by atoms with van der Waals surface area (Å²) in [6, 6.07) is 23.0. The number of cyclic esters (lactones) is 1. The Kier molecular flexibility index (Phi) is 4.94. The summed E-state index contributed by atoms with van der Waals surface area (Å²) in [4.78, 5) is 23.0. The van der Waals surface area contributed by atoms with E-state index in [9.17, 15) is 14.9 Å². The van der Waals surface area contributed by atoms with Crippen molar-refractivity contribution in [3.8, 4) is 11.5 Å². The van der Waals surface area contributed by atoms with Gasteiger partial charge in [0.2, 0.25) is 6.10 Å². The van der Waals surface area contributed by atoms with Crippen molar-refractivity contribution in [2.45, 2.75) is 6.10 Å². The molecule has 1 heterocycles. The molecular weight excluding hydrogens is 372 g/mol. The number of fused-ring (bicyclic) bond motifs is 1. The van der Waals surface area contributed by atoms with Crippen LogP contribution in [0.25, 0.3) is 0 Å². The topological polar surface area (TPSA) is 90.7 Å². The zero-order valence-electron chi connectivity index (χ0n) is 15.1. The summed E-state index contributed by atoms with van der Waals surface area (Å²) in [5.74, 6) is 0.783. The molecule has 0 saturated carbocycles. The van der Waals surface area contributed by atoms with Gasteiger partial charge in [-0.05, 0) is 42.5 Å². The molecule has 0 spiro atoms. The third-order valence-corrected chi connectivity index (χ3v) is 4.39. The molecule has 1 unspecified atom stereocenters. The fourth-order valence-electron chi connectivity index (χ4n) is 2.99. The molecule has 0 fully saturated rings. The molecule has 29 heavy (non-hydrogen) atoms. The molecular formula is C22H16N2O5. The first-order valence-electron chi connectivity index (χ1n) is 8.86. The predicted octanol–water partition coefficient (Wildman–Crippen LogP) is 4.92. The number of para-hydroxylation sites is 1. The Morgan fingerprint density at radius 2 is 1.62 bits per heavy atom. The van der Waals surface area contributed by atoms with Gasteiger partial charge < -0.3 is 14.8 Å². The average molecular weight is 388 g/mol. The van der Waals surface area contributed by atoms with Crippen LogP contribution in [-0.2, 0) is 4.74 Å². The Bertz CT molecular complexity index is 1080. The Labute approximate surface area is 166 Å². The van der Waals surface area contributed by atoms with Crippen molar-refractivity contribution < 1.29 is 19.2 Å². The molecule has 3 aromatic rings. The Morgan fingerprint density at radius 1 is 0.966 bits per heavy atom. The zero-order valence-corrected chi connectivity index (χ0v) is 15.1. The second-order valence-electron chi connectivity index (χ2n) is 6.28. The van der Waals surface area contributed by atoms with Crippen LogP contribution in [0, 0.1) is 10.1 Å². The highest BCUT2D eigenvalue weighted by Gasteiger charge is 2.39. The normalized spacial score (nSPS) is 15.4. The van der Waals surface area contributed by atoms with Crippen LogP contribution in [0.1, 0.15) is 22.0 Å². The summed E-state index contributed by atoms with van der Waals surface area (Å²) in [6.45, 7) is 0. The highest BCUT2D eigenvalue weighted by Crippen LogP contribution is 2.36. The highest BCUT2D eigenvalue weighted by atomic mass is 16.6. The number of carbonyl (C=O) groups excluding carboxylic acids is 1. The minimum atomic E-state index is -1.05. The number of anilines is 1. The monoisotopic (exact) mass is 388 g/mol. The van der Waals surface area contributed by atoms with E-state index in [1.54, 1.807) is 48.5 Å². The smallest absolute Gasteiger partial charge is 0.339 e. The average Bonchev–Trinajstić information content (AvgIpc) is 3.07. The molecule has 7 heteroatoms. The van der Waals surface area contributed by atoms with Gasteiger partial charge in [-0.15, -0.1) is 0 Å². The molecule has 0 aliphatic carbocycles.